The molecule has 0 spiro atoms. The molecule has 0 saturated heterocycles. The van der Waals surface area contributed by atoms with E-state index in [9.17, 15) is 4.79 Å². The van der Waals surface area contributed by atoms with Crippen molar-refractivity contribution >= 4 is 17.6 Å². The van der Waals surface area contributed by atoms with E-state index in [1.165, 1.54) is 25.0 Å². The molecule has 0 saturated carbocycles. The van der Waals surface area contributed by atoms with Gasteiger partial charge in [0.2, 0.25) is 0 Å². The summed E-state index contributed by atoms with van der Waals surface area (Å²) in [5.74, 6) is 1.72. The van der Waals surface area contributed by atoms with Crippen molar-refractivity contribution in [3.63, 3.8) is 0 Å². The molecule has 0 radical (unpaired) electrons. The second-order valence-corrected chi connectivity index (χ2v) is 5.90. The van der Waals surface area contributed by atoms with Crippen LogP contribution in [0.5, 0.6) is 0 Å². The standard InChI is InChI=1S/C14H25N3OS/c1-12(2)17-10-9-16-13(14(17)18)15-8-6-4-5-7-11-19-3/h9-10,12H,4-8,11H2,1-3H3,(H,15,16). The summed E-state index contributed by atoms with van der Waals surface area (Å²) in [6.45, 7) is 4.82. The van der Waals surface area contributed by atoms with Gasteiger partial charge in [-0.05, 0) is 38.7 Å². The van der Waals surface area contributed by atoms with Crippen molar-refractivity contribution < 1.29 is 0 Å². The molecule has 0 aliphatic carbocycles. The second-order valence-electron chi connectivity index (χ2n) is 4.92. The summed E-state index contributed by atoms with van der Waals surface area (Å²) >= 11 is 1.90. The van der Waals surface area contributed by atoms with Gasteiger partial charge < -0.3 is 9.88 Å². The zero-order chi connectivity index (χ0) is 14.1. The van der Waals surface area contributed by atoms with E-state index >= 15 is 0 Å². The molecule has 0 aromatic carbocycles. The predicted molar refractivity (Wildman–Crippen MR) is 84.2 cm³/mol. The Morgan fingerprint density at radius 3 is 2.74 bits per heavy atom. The van der Waals surface area contributed by atoms with E-state index in [4.69, 9.17) is 0 Å². The Bertz CT molecular complexity index is 417. The minimum absolute atomic E-state index is 0.0279. The smallest absolute Gasteiger partial charge is 0.293 e. The Labute approximate surface area is 120 Å². The van der Waals surface area contributed by atoms with Crippen LogP contribution in [-0.4, -0.2) is 28.1 Å². The van der Waals surface area contributed by atoms with E-state index in [-0.39, 0.29) is 11.6 Å². The third kappa shape index (κ3) is 5.68. The molecule has 1 N–H and O–H groups in total. The van der Waals surface area contributed by atoms with Gasteiger partial charge in [0.15, 0.2) is 5.82 Å². The zero-order valence-electron chi connectivity index (χ0n) is 12.2. The van der Waals surface area contributed by atoms with Crippen LogP contribution in [0.1, 0.15) is 45.6 Å². The van der Waals surface area contributed by atoms with Crippen LogP contribution in [0, 0.1) is 0 Å². The molecular weight excluding hydrogens is 258 g/mol. The van der Waals surface area contributed by atoms with Crippen LogP contribution in [-0.2, 0) is 0 Å². The Morgan fingerprint density at radius 2 is 2.05 bits per heavy atom. The predicted octanol–water partition coefficient (Wildman–Crippen LogP) is 3.16. The largest absolute Gasteiger partial charge is 0.365 e. The molecular formula is C14H25N3OS. The lowest BCUT2D eigenvalue weighted by Crippen LogP contribution is -2.25. The molecule has 1 heterocycles. The van der Waals surface area contributed by atoms with Crippen LogP contribution < -0.4 is 10.9 Å². The Morgan fingerprint density at radius 1 is 1.32 bits per heavy atom. The zero-order valence-corrected chi connectivity index (χ0v) is 13.0. The second kappa shape index (κ2) is 9.02. The molecule has 1 aromatic heterocycles. The van der Waals surface area contributed by atoms with E-state index in [1.807, 2.05) is 25.6 Å². The normalized spacial score (nSPS) is 10.9. The van der Waals surface area contributed by atoms with Gasteiger partial charge in [0.25, 0.3) is 5.56 Å². The Balaban J connectivity index is 2.34. The van der Waals surface area contributed by atoms with Crippen LogP contribution >= 0.6 is 11.8 Å². The maximum atomic E-state index is 12.1. The van der Waals surface area contributed by atoms with Crippen molar-refractivity contribution in [2.45, 2.75) is 45.6 Å². The quantitative estimate of drug-likeness (QED) is 0.707. The number of nitrogens with one attached hydrogen (secondary N) is 1. The number of anilines is 1. The molecule has 0 aliphatic heterocycles. The first kappa shape index (κ1) is 16.1. The first-order chi connectivity index (χ1) is 9.16. The lowest BCUT2D eigenvalue weighted by Gasteiger charge is -2.11. The summed E-state index contributed by atoms with van der Waals surface area (Å²) in [5, 5.41) is 3.15. The number of thioether (sulfide) groups is 1. The minimum Gasteiger partial charge on any atom is -0.365 e. The lowest BCUT2D eigenvalue weighted by atomic mass is 10.2. The topological polar surface area (TPSA) is 46.9 Å². The molecule has 1 rings (SSSR count). The van der Waals surface area contributed by atoms with E-state index in [2.05, 4.69) is 16.6 Å². The highest BCUT2D eigenvalue weighted by atomic mass is 32.2. The van der Waals surface area contributed by atoms with Crippen molar-refractivity contribution in [2.24, 2.45) is 0 Å². The van der Waals surface area contributed by atoms with Crippen molar-refractivity contribution in [2.75, 3.05) is 23.9 Å². The molecule has 0 bridgehead atoms. The van der Waals surface area contributed by atoms with Crippen molar-refractivity contribution in [3.8, 4) is 0 Å². The summed E-state index contributed by atoms with van der Waals surface area (Å²) in [6.07, 6.45) is 10.4. The van der Waals surface area contributed by atoms with Crippen LogP contribution in [0.15, 0.2) is 17.2 Å². The first-order valence-electron chi connectivity index (χ1n) is 6.96. The number of hydrogen-bond donors (Lipinski definition) is 1. The van der Waals surface area contributed by atoms with Gasteiger partial charge in [-0.15, -0.1) is 0 Å². The van der Waals surface area contributed by atoms with Gasteiger partial charge in [-0.3, -0.25) is 4.79 Å². The third-order valence-electron chi connectivity index (χ3n) is 2.99. The number of nitrogens with zero attached hydrogens (tertiary/aromatic N) is 2. The first-order valence-corrected chi connectivity index (χ1v) is 8.36. The van der Waals surface area contributed by atoms with E-state index in [0.717, 1.165) is 13.0 Å². The number of aromatic nitrogens is 2. The van der Waals surface area contributed by atoms with Crippen molar-refractivity contribution in [1.82, 2.24) is 9.55 Å². The monoisotopic (exact) mass is 283 g/mol. The van der Waals surface area contributed by atoms with Crippen molar-refractivity contribution in [1.29, 1.82) is 0 Å². The molecule has 0 atom stereocenters. The third-order valence-corrected chi connectivity index (χ3v) is 3.69. The molecule has 0 aliphatic rings. The van der Waals surface area contributed by atoms with Crippen molar-refractivity contribution in [3.05, 3.63) is 22.7 Å². The van der Waals surface area contributed by atoms with Gasteiger partial charge in [0.05, 0.1) is 0 Å². The number of unbranched alkanes of at least 4 members (excludes halogenated alkanes) is 3. The molecule has 19 heavy (non-hydrogen) atoms. The van der Waals surface area contributed by atoms with Gasteiger partial charge in [-0.1, -0.05) is 12.8 Å². The fourth-order valence-corrected chi connectivity index (χ4v) is 2.38. The van der Waals surface area contributed by atoms with Crippen LogP contribution in [0.4, 0.5) is 5.82 Å². The van der Waals surface area contributed by atoms with E-state index in [1.54, 1.807) is 17.0 Å². The molecule has 1 aromatic rings. The van der Waals surface area contributed by atoms with Gasteiger partial charge >= 0.3 is 0 Å². The van der Waals surface area contributed by atoms with E-state index < -0.39 is 0 Å². The summed E-state index contributed by atoms with van der Waals surface area (Å²) in [6, 6.07) is 0.169. The van der Waals surface area contributed by atoms with Gasteiger partial charge in [-0.25, -0.2) is 4.98 Å². The SMILES string of the molecule is CSCCCCCCNc1nccn(C(C)C)c1=O. The summed E-state index contributed by atoms with van der Waals surface area (Å²) in [5.41, 5.74) is -0.0279. The fraction of sp³-hybridized carbons (Fsp3) is 0.714. The molecule has 108 valence electrons. The molecule has 4 nitrogen and oxygen atoms in total. The highest BCUT2D eigenvalue weighted by Gasteiger charge is 2.05. The molecule has 0 fully saturated rings. The summed E-state index contributed by atoms with van der Waals surface area (Å²) in [4.78, 5) is 16.2. The highest BCUT2D eigenvalue weighted by molar-refractivity contribution is 7.98. The Kier molecular flexibility index (Phi) is 7.63. The average molecular weight is 283 g/mol. The molecule has 0 amide bonds. The lowest BCUT2D eigenvalue weighted by molar-refractivity contribution is 0.574. The average Bonchev–Trinajstić information content (AvgIpc) is 2.39. The fourth-order valence-electron chi connectivity index (χ4n) is 1.88. The Hall–Kier alpha value is -0.970. The van der Waals surface area contributed by atoms with Gasteiger partial charge in [0.1, 0.15) is 0 Å². The minimum atomic E-state index is -0.0279. The maximum absolute atomic E-state index is 12.1. The van der Waals surface area contributed by atoms with Gasteiger partial charge in [0, 0.05) is 25.0 Å². The van der Waals surface area contributed by atoms with Gasteiger partial charge in [-0.2, -0.15) is 11.8 Å². The van der Waals surface area contributed by atoms with E-state index in [0.29, 0.717) is 5.82 Å². The van der Waals surface area contributed by atoms with Crippen LogP contribution in [0.3, 0.4) is 0 Å². The van der Waals surface area contributed by atoms with Crippen LogP contribution in [0.25, 0.3) is 0 Å². The van der Waals surface area contributed by atoms with Crippen LogP contribution in [0.2, 0.25) is 0 Å². The summed E-state index contributed by atoms with van der Waals surface area (Å²) in [7, 11) is 0. The molecule has 0 unspecified atom stereocenters. The summed E-state index contributed by atoms with van der Waals surface area (Å²) < 4.78 is 1.70. The highest BCUT2D eigenvalue weighted by Crippen LogP contribution is 2.05. The molecule has 5 heteroatoms. The number of rotatable bonds is 9. The number of hydrogen-bond acceptors (Lipinski definition) is 4. The maximum Gasteiger partial charge on any atom is 0.293 e.